The van der Waals surface area contributed by atoms with Gasteiger partial charge in [-0.1, -0.05) is 6.07 Å². The Morgan fingerprint density at radius 2 is 1.86 bits per heavy atom. The summed E-state index contributed by atoms with van der Waals surface area (Å²) in [6.07, 6.45) is 0. The van der Waals surface area contributed by atoms with Crippen molar-refractivity contribution in [2.45, 2.75) is 0 Å². The van der Waals surface area contributed by atoms with E-state index < -0.39 is 11.7 Å². The van der Waals surface area contributed by atoms with Gasteiger partial charge in [-0.3, -0.25) is 4.79 Å². The first kappa shape index (κ1) is 14.6. The molecule has 0 aromatic heterocycles. The Morgan fingerprint density at radius 1 is 1.14 bits per heavy atom. The number of rotatable bonds is 4. The fourth-order valence-electron chi connectivity index (χ4n) is 1.85. The minimum Gasteiger partial charge on any atom is -0.493 e. The zero-order chi connectivity index (χ0) is 15.4. The lowest BCUT2D eigenvalue weighted by Gasteiger charge is -2.11. The number of carbonyl (C=O) groups is 1. The summed E-state index contributed by atoms with van der Waals surface area (Å²) >= 11 is 0. The first-order chi connectivity index (χ1) is 10.1. The average molecular weight is 290 g/mol. The molecule has 2 aromatic rings. The van der Waals surface area contributed by atoms with Crippen LogP contribution in [0.25, 0.3) is 0 Å². The molecule has 0 unspecified atom stereocenters. The number of ether oxygens (including phenoxy) is 2. The molecule has 6 heteroatoms. The van der Waals surface area contributed by atoms with Crippen molar-refractivity contribution in [3.8, 4) is 11.5 Å². The topological polar surface area (TPSA) is 73.6 Å². The summed E-state index contributed by atoms with van der Waals surface area (Å²) in [4.78, 5) is 12.1. The first-order valence-electron chi connectivity index (χ1n) is 6.14. The quantitative estimate of drug-likeness (QED) is 0.849. The lowest BCUT2D eigenvalue weighted by molar-refractivity contribution is 0.102. The van der Waals surface area contributed by atoms with Crippen molar-refractivity contribution in [3.05, 3.63) is 47.8 Å². The Hall–Kier alpha value is -2.76. The fourth-order valence-corrected chi connectivity index (χ4v) is 1.85. The maximum Gasteiger partial charge on any atom is 0.257 e. The second-order valence-electron chi connectivity index (χ2n) is 4.22. The highest BCUT2D eigenvalue weighted by atomic mass is 19.1. The molecular weight excluding hydrogens is 275 g/mol. The minimum absolute atomic E-state index is 0.0739. The van der Waals surface area contributed by atoms with Crippen LogP contribution in [-0.2, 0) is 0 Å². The maximum absolute atomic E-state index is 13.4. The highest BCUT2D eigenvalue weighted by Crippen LogP contribution is 2.30. The number of para-hydroxylation sites is 1. The SMILES string of the molecule is COc1ccc(NC(=O)c2cccc(F)c2N)cc1OC. The predicted molar refractivity (Wildman–Crippen MR) is 78.3 cm³/mol. The molecule has 2 rings (SSSR count). The second-order valence-corrected chi connectivity index (χ2v) is 4.22. The van der Waals surface area contributed by atoms with E-state index in [0.717, 1.165) is 0 Å². The Bertz CT molecular complexity index is 674. The van der Waals surface area contributed by atoms with E-state index in [1.807, 2.05) is 0 Å². The molecule has 0 saturated carbocycles. The molecule has 0 aliphatic rings. The third-order valence-corrected chi connectivity index (χ3v) is 2.94. The lowest BCUT2D eigenvalue weighted by Crippen LogP contribution is -2.14. The van der Waals surface area contributed by atoms with E-state index in [9.17, 15) is 9.18 Å². The second kappa shape index (κ2) is 6.13. The average Bonchev–Trinajstić information content (AvgIpc) is 2.49. The van der Waals surface area contributed by atoms with E-state index in [1.54, 1.807) is 18.2 Å². The van der Waals surface area contributed by atoms with Crippen LogP contribution in [-0.4, -0.2) is 20.1 Å². The third-order valence-electron chi connectivity index (χ3n) is 2.94. The molecule has 0 radical (unpaired) electrons. The highest BCUT2D eigenvalue weighted by Gasteiger charge is 2.13. The molecule has 0 aliphatic heterocycles. The molecule has 1 amide bonds. The van der Waals surface area contributed by atoms with Gasteiger partial charge < -0.3 is 20.5 Å². The molecule has 21 heavy (non-hydrogen) atoms. The Labute approximate surface area is 121 Å². The largest absolute Gasteiger partial charge is 0.493 e. The fraction of sp³-hybridized carbons (Fsp3) is 0.133. The molecule has 0 heterocycles. The molecule has 0 saturated heterocycles. The molecule has 0 fully saturated rings. The summed E-state index contributed by atoms with van der Waals surface area (Å²) < 4.78 is 23.6. The number of nitrogen functional groups attached to an aromatic ring is 1. The smallest absolute Gasteiger partial charge is 0.257 e. The van der Waals surface area contributed by atoms with E-state index in [-0.39, 0.29) is 11.3 Å². The highest BCUT2D eigenvalue weighted by molar-refractivity contribution is 6.07. The Balaban J connectivity index is 2.25. The number of nitrogens with two attached hydrogens (primary N) is 1. The number of anilines is 2. The zero-order valence-electron chi connectivity index (χ0n) is 11.6. The number of methoxy groups -OCH3 is 2. The number of hydrogen-bond donors (Lipinski definition) is 2. The molecule has 2 aromatic carbocycles. The van der Waals surface area contributed by atoms with Gasteiger partial charge in [0, 0.05) is 11.8 Å². The molecular formula is C15H15FN2O3. The molecule has 0 bridgehead atoms. The Kier molecular flexibility index (Phi) is 4.27. The van der Waals surface area contributed by atoms with Gasteiger partial charge in [-0.05, 0) is 24.3 Å². The van der Waals surface area contributed by atoms with Crippen molar-refractivity contribution < 1.29 is 18.7 Å². The summed E-state index contributed by atoms with van der Waals surface area (Å²) in [5, 5.41) is 2.63. The van der Waals surface area contributed by atoms with Crippen molar-refractivity contribution in [1.29, 1.82) is 0 Å². The summed E-state index contributed by atoms with van der Waals surface area (Å²) in [7, 11) is 3.01. The third kappa shape index (κ3) is 3.05. The van der Waals surface area contributed by atoms with Gasteiger partial charge in [0.2, 0.25) is 0 Å². The minimum atomic E-state index is -0.630. The van der Waals surface area contributed by atoms with Crippen LogP contribution in [0.3, 0.4) is 0 Å². The lowest BCUT2D eigenvalue weighted by atomic mass is 10.1. The summed E-state index contributed by atoms with van der Waals surface area (Å²) in [5.41, 5.74) is 5.93. The molecule has 0 spiro atoms. The van der Waals surface area contributed by atoms with E-state index in [4.69, 9.17) is 15.2 Å². The number of amides is 1. The van der Waals surface area contributed by atoms with Crippen LogP contribution in [0, 0.1) is 5.82 Å². The molecule has 3 N–H and O–H groups in total. The number of halogens is 1. The van der Waals surface area contributed by atoms with Gasteiger partial charge in [-0.2, -0.15) is 0 Å². The van der Waals surface area contributed by atoms with Crippen molar-refractivity contribution in [2.75, 3.05) is 25.3 Å². The van der Waals surface area contributed by atoms with Gasteiger partial charge in [-0.15, -0.1) is 0 Å². The van der Waals surface area contributed by atoms with Gasteiger partial charge in [0.05, 0.1) is 25.5 Å². The predicted octanol–water partition coefficient (Wildman–Crippen LogP) is 2.68. The number of nitrogens with one attached hydrogen (secondary N) is 1. The van der Waals surface area contributed by atoms with Crippen LogP contribution in [0.1, 0.15) is 10.4 Å². The molecule has 0 atom stereocenters. The zero-order valence-corrected chi connectivity index (χ0v) is 11.6. The number of hydrogen-bond acceptors (Lipinski definition) is 4. The van der Waals surface area contributed by atoms with E-state index in [2.05, 4.69) is 5.32 Å². The van der Waals surface area contributed by atoms with Crippen LogP contribution < -0.4 is 20.5 Å². The maximum atomic E-state index is 13.4. The summed E-state index contributed by atoms with van der Waals surface area (Å²) in [6.45, 7) is 0. The van der Waals surface area contributed by atoms with Crippen molar-refractivity contribution in [1.82, 2.24) is 0 Å². The summed E-state index contributed by atoms with van der Waals surface area (Å²) in [5.74, 6) is -0.113. The standard InChI is InChI=1S/C15H15FN2O3/c1-20-12-7-6-9(8-13(12)21-2)18-15(19)10-4-3-5-11(16)14(10)17/h3-8H,17H2,1-2H3,(H,18,19). The molecule has 5 nitrogen and oxygen atoms in total. The van der Waals surface area contributed by atoms with Gasteiger partial charge >= 0.3 is 0 Å². The first-order valence-corrected chi connectivity index (χ1v) is 6.14. The molecule has 0 aliphatic carbocycles. The van der Waals surface area contributed by atoms with Gasteiger partial charge in [-0.25, -0.2) is 4.39 Å². The van der Waals surface area contributed by atoms with Crippen LogP contribution in [0.5, 0.6) is 11.5 Å². The van der Waals surface area contributed by atoms with Crippen LogP contribution >= 0.6 is 0 Å². The Morgan fingerprint density at radius 3 is 2.52 bits per heavy atom. The van der Waals surface area contributed by atoms with E-state index >= 15 is 0 Å². The van der Waals surface area contributed by atoms with Crippen molar-refractivity contribution in [2.24, 2.45) is 0 Å². The van der Waals surface area contributed by atoms with Gasteiger partial charge in [0.25, 0.3) is 5.91 Å². The van der Waals surface area contributed by atoms with Crippen LogP contribution in [0.4, 0.5) is 15.8 Å². The monoisotopic (exact) mass is 290 g/mol. The van der Waals surface area contributed by atoms with E-state index in [0.29, 0.717) is 17.2 Å². The number of carbonyl (C=O) groups excluding carboxylic acids is 1. The van der Waals surface area contributed by atoms with Crippen LogP contribution in [0.15, 0.2) is 36.4 Å². The van der Waals surface area contributed by atoms with Crippen molar-refractivity contribution in [3.63, 3.8) is 0 Å². The van der Waals surface area contributed by atoms with Gasteiger partial charge in [0.15, 0.2) is 11.5 Å². The molecule has 110 valence electrons. The van der Waals surface area contributed by atoms with E-state index in [1.165, 1.54) is 32.4 Å². The summed E-state index contributed by atoms with van der Waals surface area (Å²) in [6, 6.07) is 8.98. The van der Waals surface area contributed by atoms with Crippen molar-refractivity contribution >= 4 is 17.3 Å². The van der Waals surface area contributed by atoms with Gasteiger partial charge in [0.1, 0.15) is 5.82 Å². The normalized spacial score (nSPS) is 10.0. The number of benzene rings is 2. The van der Waals surface area contributed by atoms with Crippen LogP contribution in [0.2, 0.25) is 0 Å².